The second kappa shape index (κ2) is 8.79. The lowest BCUT2D eigenvalue weighted by Gasteiger charge is -2.23. The molecule has 1 heterocycles. The number of para-hydroxylation sites is 1. The number of anilines is 2. The maximum atomic E-state index is 12.6. The lowest BCUT2D eigenvalue weighted by atomic mass is 9.86. The van der Waals surface area contributed by atoms with Crippen molar-refractivity contribution in [2.75, 3.05) is 18.4 Å². The Hall–Kier alpha value is -2.43. The monoisotopic (exact) mass is 354 g/mol. The number of hydrogen-bond acceptors (Lipinski definition) is 4. The zero-order valence-corrected chi connectivity index (χ0v) is 16.5. The number of carbonyl (C=O) groups excluding carboxylic acids is 1. The largest absolute Gasteiger partial charge is 0.339 e. The quantitative estimate of drug-likeness (QED) is 0.777. The third-order valence-electron chi connectivity index (χ3n) is 4.14. The summed E-state index contributed by atoms with van der Waals surface area (Å²) in [6.07, 6.45) is 5.05. The fourth-order valence-corrected chi connectivity index (χ4v) is 2.90. The molecule has 140 valence electrons. The van der Waals surface area contributed by atoms with E-state index in [1.54, 1.807) is 12.4 Å². The Balaban J connectivity index is 2.17. The van der Waals surface area contributed by atoms with Crippen molar-refractivity contribution >= 4 is 17.4 Å². The molecule has 5 nitrogen and oxygen atoms in total. The Labute approximate surface area is 156 Å². The first-order chi connectivity index (χ1) is 12.4. The normalized spacial score (nSPS) is 11.3. The molecule has 1 N–H and O–H groups in total. The molecule has 0 aliphatic rings. The topological polar surface area (TPSA) is 58.1 Å². The predicted molar refractivity (Wildman–Crippen MR) is 107 cm³/mol. The second-order valence-electron chi connectivity index (χ2n) is 7.50. The van der Waals surface area contributed by atoms with E-state index >= 15 is 0 Å². The van der Waals surface area contributed by atoms with Gasteiger partial charge in [0, 0.05) is 18.8 Å². The highest BCUT2D eigenvalue weighted by atomic mass is 16.2. The number of amides is 1. The van der Waals surface area contributed by atoms with Crippen molar-refractivity contribution in [1.82, 2.24) is 14.9 Å². The van der Waals surface area contributed by atoms with Crippen molar-refractivity contribution in [3.63, 3.8) is 0 Å². The third kappa shape index (κ3) is 5.04. The highest BCUT2D eigenvalue weighted by Crippen LogP contribution is 2.30. The number of rotatable bonds is 7. The molecular formula is C21H30N4O. The summed E-state index contributed by atoms with van der Waals surface area (Å²) < 4.78 is 0. The molecule has 1 aromatic heterocycles. The fourth-order valence-electron chi connectivity index (χ4n) is 2.90. The SMILES string of the molecule is CCCN(CCC)C(=O)c1cnc(Nc2ccccc2C(C)(C)C)cn1. The van der Waals surface area contributed by atoms with Gasteiger partial charge >= 0.3 is 0 Å². The van der Waals surface area contributed by atoms with Crippen LogP contribution in [0.5, 0.6) is 0 Å². The zero-order chi connectivity index (χ0) is 19.2. The molecule has 0 atom stereocenters. The molecule has 2 rings (SSSR count). The first-order valence-electron chi connectivity index (χ1n) is 9.34. The van der Waals surface area contributed by atoms with Crippen LogP contribution in [0.25, 0.3) is 0 Å². The van der Waals surface area contributed by atoms with E-state index in [-0.39, 0.29) is 11.3 Å². The van der Waals surface area contributed by atoms with Crippen LogP contribution >= 0.6 is 0 Å². The van der Waals surface area contributed by atoms with Crippen LogP contribution < -0.4 is 5.32 Å². The van der Waals surface area contributed by atoms with Gasteiger partial charge in [-0.1, -0.05) is 52.8 Å². The van der Waals surface area contributed by atoms with Gasteiger partial charge in [0.1, 0.15) is 11.5 Å². The molecule has 0 radical (unpaired) electrons. The van der Waals surface area contributed by atoms with Crippen molar-refractivity contribution in [3.8, 4) is 0 Å². The summed E-state index contributed by atoms with van der Waals surface area (Å²) in [4.78, 5) is 23.2. The summed E-state index contributed by atoms with van der Waals surface area (Å²) in [5, 5.41) is 3.33. The average Bonchev–Trinajstić information content (AvgIpc) is 2.61. The first-order valence-corrected chi connectivity index (χ1v) is 9.34. The zero-order valence-electron chi connectivity index (χ0n) is 16.5. The second-order valence-corrected chi connectivity index (χ2v) is 7.50. The van der Waals surface area contributed by atoms with Crippen molar-refractivity contribution in [2.45, 2.75) is 52.9 Å². The van der Waals surface area contributed by atoms with E-state index in [9.17, 15) is 4.79 Å². The Bertz CT molecular complexity index is 714. The van der Waals surface area contributed by atoms with Crippen LogP contribution in [0.1, 0.15) is 63.5 Å². The number of nitrogens with one attached hydrogen (secondary N) is 1. The summed E-state index contributed by atoms with van der Waals surface area (Å²) in [6.45, 7) is 12.2. The van der Waals surface area contributed by atoms with Gasteiger partial charge in [-0.2, -0.15) is 0 Å². The summed E-state index contributed by atoms with van der Waals surface area (Å²) >= 11 is 0. The Morgan fingerprint density at radius 1 is 1.04 bits per heavy atom. The van der Waals surface area contributed by atoms with E-state index in [1.807, 2.05) is 23.1 Å². The molecule has 0 aliphatic carbocycles. The van der Waals surface area contributed by atoms with Crippen LogP contribution in [0.15, 0.2) is 36.7 Å². The molecule has 0 fully saturated rings. The molecule has 0 spiro atoms. The summed E-state index contributed by atoms with van der Waals surface area (Å²) in [6, 6.07) is 8.18. The van der Waals surface area contributed by atoms with Crippen LogP contribution in [-0.4, -0.2) is 33.9 Å². The molecule has 0 aliphatic heterocycles. The van der Waals surface area contributed by atoms with Crippen molar-refractivity contribution < 1.29 is 4.79 Å². The van der Waals surface area contributed by atoms with Crippen LogP contribution in [0.3, 0.4) is 0 Å². The molecule has 1 aromatic carbocycles. The molecule has 1 amide bonds. The van der Waals surface area contributed by atoms with E-state index in [1.165, 1.54) is 5.56 Å². The van der Waals surface area contributed by atoms with Gasteiger partial charge in [-0.05, 0) is 29.9 Å². The van der Waals surface area contributed by atoms with Gasteiger partial charge in [0.25, 0.3) is 5.91 Å². The number of carbonyl (C=O) groups is 1. The molecule has 0 bridgehead atoms. The van der Waals surface area contributed by atoms with E-state index in [4.69, 9.17) is 0 Å². The third-order valence-corrected chi connectivity index (χ3v) is 4.14. The van der Waals surface area contributed by atoms with E-state index in [0.29, 0.717) is 11.5 Å². The lowest BCUT2D eigenvalue weighted by Crippen LogP contribution is -2.33. The number of aromatic nitrogens is 2. The minimum atomic E-state index is -0.0529. The minimum Gasteiger partial charge on any atom is -0.339 e. The van der Waals surface area contributed by atoms with Crippen LogP contribution in [0.2, 0.25) is 0 Å². The van der Waals surface area contributed by atoms with Crippen LogP contribution in [-0.2, 0) is 5.41 Å². The number of nitrogens with zero attached hydrogens (tertiary/aromatic N) is 3. The van der Waals surface area contributed by atoms with Crippen molar-refractivity contribution in [1.29, 1.82) is 0 Å². The van der Waals surface area contributed by atoms with Gasteiger partial charge in [0.15, 0.2) is 0 Å². The smallest absolute Gasteiger partial charge is 0.274 e. The number of benzene rings is 1. The van der Waals surface area contributed by atoms with Crippen LogP contribution in [0, 0.1) is 0 Å². The minimum absolute atomic E-state index is 0.0216. The maximum absolute atomic E-state index is 12.6. The molecule has 0 saturated carbocycles. The van der Waals surface area contributed by atoms with Gasteiger partial charge in [0.2, 0.25) is 0 Å². The van der Waals surface area contributed by atoms with Crippen molar-refractivity contribution in [3.05, 3.63) is 47.9 Å². The number of hydrogen-bond donors (Lipinski definition) is 1. The Morgan fingerprint density at radius 2 is 1.69 bits per heavy atom. The maximum Gasteiger partial charge on any atom is 0.274 e. The summed E-state index contributed by atoms with van der Waals surface area (Å²) in [5.41, 5.74) is 2.63. The standard InChI is InChI=1S/C21H30N4O/c1-6-12-25(13-7-2)20(26)18-14-23-19(15-22-18)24-17-11-9-8-10-16(17)21(3,4)5/h8-11,14-15H,6-7,12-13H2,1-5H3,(H,23,24). The molecular weight excluding hydrogens is 324 g/mol. The van der Waals surface area contributed by atoms with E-state index in [0.717, 1.165) is 31.6 Å². The predicted octanol–water partition coefficient (Wildman–Crippen LogP) is 4.78. The molecule has 0 unspecified atom stereocenters. The van der Waals surface area contributed by atoms with Gasteiger partial charge in [-0.25, -0.2) is 9.97 Å². The fraction of sp³-hybridized carbons (Fsp3) is 0.476. The average molecular weight is 354 g/mol. The summed E-state index contributed by atoms with van der Waals surface area (Å²) in [5.74, 6) is 0.582. The lowest BCUT2D eigenvalue weighted by molar-refractivity contribution is 0.0749. The van der Waals surface area contributed by atoms with Crippen molar-refractivity contribution in [2.24, 2.45) is 0 Å². The van der Waals surface area contributed by atoms with E-state index < -0.39 is 0 Å². The molecule has 2 aromatic rings. The molecule has 0 saturated heterocycles. The molecule has 26 heavy (non-hydrogen) atoms. The summed E-state index contributed by atoms with van der Waals surface area (Å²) in [7, 11) is 0. The highest BCUT2D eigenvalue weighted by molar-refractivity contribution is 5.92. The Morgan fingerprint density at radius 3 is 2.23 bits per heavy atom. The van der Waals surface area contributed by atoms with Gasteiger partial charge in [-0.15, -0.1) is 0 Å². The van der Waals surface area contributed by atoms with Gasteiger partial charge in [0.05, 0.1) is 12.4 Å². The van der Waals surface area contributed by atoms with Crippen LogP contribution in [0.4, 0.5) is 11.5 Å². The van der Waals surface area contributed by atoms with Gasteiger partial charge in [-0.3, -0.25) is 4.79 Å². The first kappa shape index (κ1) is 19.9. The van der Waals surface area contributed by atoms with E-state index in [2.05, 4.69) is 56.0 Å². The highest BCUT2D eigenvalue weighted by Gasteiger charge is 2.19. The molecule has 5 heteroatoms. The van der Waals surface area contributed by atoms with Gasteiger partial charge < -0.3 is 10.2 Å². The Kier molecular flexibility index (Phi) is 6.72.